The highest BCUT2D eigenvalue weighted by atomic mass is 16.1. The molecule has 2 aromatic carbocycles. The molecule has 0 bridgehead atoms. The van der Waals surface area contributed by atoms with Crippen molar-refractivity contribution in [3.63, 3.8) is 0 Å². The fraction of sp³-hybridized carbons (Fsp3) is 0.150. The van der Waals surface area contributed by atoms with Crippen LogP contribution in [0.3, 0.4) is 0 Å². The Hall–Kier alpha value is -3.41. The molecule has 0 unspecified atom stereocenters. The molecule has 0 saturated heterocycles. The van der Waals surface area contributed by atoms with E-state index in [0.29, 0.717) is 5.95 Å². The Morgan fingerprint density at radius 1 is 1.19 bits per heavy atom. The van der Waals surface area contributed by atoms with Crippen molar-refractivity contribution in [1.82, 2.24) is 14.8 Å². The molecule has 0 spiro atoms. The first-order valence-corrected chi connectivity index (χ1v) is 8.43. The second-order valence-corrected chi connectivity index (χ2v) is 6.35. The predicted octanol–water partition coefficient (Wildman–Crippen LogP) is 3.60. The molecule has 0 saturated carbocycles. The molecule has 3 aromatic rings. The van der Waals surface area contributed by atoms with E-state index in [4.69, 9.17) is 0 Å². The van der Waals surface area contributed by atoms with E-state index in [1.807, 2.05) is 28.9 Å². The number of anilines is 2. The van der Waals surface area contributed by atoms with Gasteiger partial charge in [0, 0.05) is 18.3 Å². The minimum Gasteiger partial charge on any atom is -0.326 e. The molecule has 1 aliphatic rings. The molecule has 2 heterocycles. The lowest BCUT2D eigenvalue weighted by atomic mass is 10.0. The molecule has 6 heteroatoms. The summed E-state index contributed by atoms with van der Waals surface area (Å²) in [5.41, 5.74) is 5.02. The van der Waals surface area contributed by atoms with Crippen molar-refractivity contribution in [3.05, 3.63) is 77.6 Å². The molecule has 1 aromatic heterocycles. The highest BCUT2D eigenvalue weighted by molar-refractivity contribution is 5.89. The number of amides is 1. The summed E-state index contributed by atoms with van der Waals surface area (Å²) in [6, 6.07) is 16.1. The van der Waals surface area contributed by atoms with Gasteiger partial charge in [-0.05, 0) is 36.3 Å². The average Bonchev–Trinajstić information content (AvgIpc) is 3.10. The zero-order valence-corrected chi connectivity index (χ0v) is 14.6. The standard InChI is InChI=1S/C20H19N5O/c1-13-6-8-15(9-7-13)19-11-18(24-20-21-12-22-25(19)20)16-4-3-5-17(10-16)23-14(2)26/h3-12,19H,1-2H3,(H,23,26)(H,21,22,24)/t19-/m1/s1. The van der Waals surface area contributed by atoms with Crippen LogP contribution < -0.4 is 10.6 Å². The maximum atomic E-state index is 11.3. The molecule has 1 aliphatic heterocycles. The first kappa shape index (κ1) is 16.1. The van der Waals surface area contributed by atoms with Crippen molar-refractivity contribution in [3.8, 4) is 0 Å². The van der Waals surface area contributed by atoms with E-state index in [1.54, 1.807) is 6.33 Å². The van der Waals surface area contributed by atoms with E-state index < -0.39 is 0 Å². The van der Waals surface area contributed by atoms with Crippen molar-refractivity contribution in [2.24, 2.45) is 0 Å². The Morgan fingerprint density at radius 3 is 2.77 bits per heavy atom. The van der Waals surface area contributed by atoms with Crippen molar-refractivity contribution in [2.75, 3.05) is 10.6 Å². The van der Waals surface area contributed by atoms with Crippen LogP contribution in [0.4, 0.5) is 11.6 Å². The van der Waals surface area contributed by atoms with Crippen LogP contribution in [0.5, 0.6) is 0 Å². The Bertz CT molecular complexity index is 987. The van der Waals surface area contributed by atoms with Crippen LogP contribution in [0.2, 0.25) is 0 Å². The minimum atomic E-state index is -0.0926. The SMILES string of the molecule is CC(=O)Nc1cccc(C2=C[C@H](c3ccc(C)cc3)n3ncnc3N2)c1. The van der Waals surface area contributed by atoms with E-state index in [-0.39, 0.29) is 11.9 Å². The molecule has 1 amide bonds. The Balaban J connectivity index is 1.75. The lowest BCUT2D eigenvalue weighted by molar-refractivity contribution is -0.114. The Kier molecular flexibility index (Phi) is 4.01. The smallest absolute Gasteiger partial charge is 0.226 e. The van der Waals surface area contributed by atoms with Crippen molar-refractivity contribution in [1.29, 1.82) is 0 Å². The van der Waals surface area contributed by atoms with Crippen LogP contribution in [0.1, 0.15) is 29.7 Å². The third-order valence-electron chi connectivity index (χ3n) is 4.32. The van der Waals surface area contributed by atoms with Crippen molar-refractivity contribution in [2.45, 2.75) is 19.9 Å². The number of nitrogens with one attached hydrogen (secondary N) is 2. The van der Waals surface area contributed by atoms with Gasteiger partial charge in [0.2, 0.25) is 11.9 Å². The highest BCUT2D eigenvalue weighted by Gasteiger charge is 2.23. The lowest BCUT2D eigenvalue weighted by Gasteiger charge is -2.24. The zero-order chi connectivity index (χ0) is 18.1. The summed E-state index contributed by atoms with van der Waals surface area (Å²) in [6.07, 6.45) is 3.67. The van der Waals surface area contributed by atoms with Gasteiger partial charge in [0.05, 0.1) is 0 Å². The van der Waals surface area contributed by atoms with Gasteiger partial charge < -0.3 is 10.6 Å². The first-order chi connectivity index (χ1) is 12.6. The molecule has 0 fully saturated rings. The molecule has 0 radical (unpaired) electrons. The van der Waals surface area contributed by atoms with E-state index in [9.17, 15) is 4.79 Å². The third-order valence-corrected chi connectivity index (χ3v) is 4.32. The van der Waals surface area contributed by atoms with Crippen LogP contribution in [0.25, 0.3) is 5.70 Å². The Morgan fingerprint density at radius 2 is 2.00 bits per heavy atom. The molecule has 26 heavy (non-hydrogen) atoms. The van der Waals surface area contributed by atoms with Crippen LogP contribution >= 0.6 is 0 Å². The number of rotatable bonds is 3. The number of carbonyl (C=O) groups excluding carboxylic acids is 1. The quantitative estimate of drug-likeness (QED) is 0.761. The minimum absolute atomic E-state index is 0.0474. The Labute approximate surface area is 151 Å². The largest absolute Gasteiger partial charge is 0.326 e. The van der Waals surface area contributed by atoms with Crippen LogP contribution in [0, 0.1) is 6.92 Å². The van der Waals surface area contributed by atoms with Gasteiger partial charge in [-0.25, -0.2) is 4.68 Å². The molecule has 2 N–H and O–H groups in total. The van der Waals surface area contributed by atoms with Crippen LogP contribution in [-0.4, -0.2) is 20.7 Å². The number of aryl methyl sites for hydroxylation is 1. The second-order valence-electron chi connectivity index (χ2n) is 6.35. The zero-order valence-electron chi connectivity index (χ0n) is 14.6. The van der Waals surface area contributed by atoms with E-state index in [0.717, 1.165) is 22.5 Å². The van der Waals surface area contributed by atoms with Gasteiger partial charge in [-0.1, -0.05) is 42.0 Å². The second kappa shape index (κ2) is 6.48. The van der Waals surface area contributed by atoms with Crippen molar-refractivity contribution >= 4 is 23.2 Å². The summed E-state index contributed by atoms with van der Waals surface area (Å²) < 4.78 is 1.87. The monoisotopic (exact) mass is 345 g/mol. The van der Waals surface area contributed by atoms with Gasteiger partial charge in [0.25, 0.3) is 0 Å². The van der Waals surface area contributed by atoms with Gasteiger partial charge in [0.1, 0.15) is 12.4 Å². The topological polar surface area (TPSA) is 71.8 Å². The number of carbonyl (C=O) groups is 1. The normalized spacial score (nSPS) is 15.6. The summed E-state index contributed by atoms with van der Waals surface area (Å²) in [7, 11) is 0. The fourth-order valence-electron chi connectivity index (χ4n) is 3.07. The summed E-state index contributed by atoms with van der Waals surface area (Å²) in [4.78, 5) is 15.7. The third kappa shape index (κ3) is 3.09. The molecule has 1 atom stereocenters. The summed E-state index contributed by atoms with van der Waals surface area (Å²) in [5, 5.41) is 10.5. The summed E-state index contributed by atoms with van der Waals surface area (Å²) in [5.74, 6) is 0.600. The lowest BCUT2D eigenvalue weighted by Crippen LogP contribution is -2.20. The molecular weight excluding hydrogens is 326 g/mol. The van der Waals surface area contributed by atoms with Gasteiger partial charge in [0.15, 0.2) is 0 Å². The molecule has 6 nitrogen and oxygen atoms in total. The maximum Gasteiger partial charge on any atom is 0.226 e. The van der Waals surface area contributed by atoms with E-state index >= 15 is 0 Å². The number of hydrogen-bond donors (Lipinski definition) is 2. The van der Waals surface area contributed by atoms with Crippen LogP contribution in [0.15, 0.2) is 60.9 Å². The number of hydrogen-bond acceptors (Lipinski definition) is 4. The molecular formula is C20H19N5O. The molecule has 130 valence electrons. The average molecular weight is 345 g/mol. The highest BCUT2D eigenvalue weighted by Crippen LogP contribution is 2.32. The van der Waals surface area contributed by atoms with Gasteiger partial charge >= 0.3 is 0 Å². The van der Waals surface area contributed by atoms with Gasteiger partial charge in [-0.3, -0.25) is 4.79 Å². The van der Waals surface area contributed by atoms with E-state index in [1.165, 1.54) is 12.5 Å². The van der Waals surface area contributed by atoms with Gasteiger partial charge in [-0.2, -0.15) is 10.1 Å². The number of aromatic nitrogens is 3. The maximum absolute atomic E-state index is 11.3. The number of benzene rings is 2. The molecule has 0 aliphatic carbocycles. The summed E-state index contributed by atoms with van der Waals surface area (Å²) in [6.45, 7) is 3.57. The molecule has 4 rings (SSSR count). The fourth-order valence-corrected chi connectivity index (χ4v) is 3.07. The summed E-state index contributed by atoms with van der Waals surface area (Å²) >= 11 is 0. The first-order valence-electron chi connectivity index (χ1n) is 8.43. The number of nitrogens with zero attached hydrogens (tertiary/aromatic N) is 3. The van der Waals surface area contributed by atoms with Crippen LogP contribution in [-0.2, 0) is 4.79 Å². The number of fused-ring (bicyclic) bond motifs is 1. The van der Waals surface area contributed by atoms with E-state index in [2.05, 4.69) is 58.0 Å². The predicted molar refractivity (Wildman–Crippen MR) is 102 cm³/mol. The van der Waals surface area contributed by atoms with Crippen molar-refractivity contribution < 1.29 is 4.79 Å². The number of allylic oxidation sites excluding steroid dienone is 1. The van der Waals surface area contributed by atoms with Gasteiger partial charge in [-0.15, -0.1) is 0 Å².